The number of nitrogen functional groups attached to an aromatic ring is 1. The van der Waals surface area contributed by atoms with E-state index in [1.807, 2.05) is 30.3 Å². The molecule has 0 unspecified atom stereocenters. The van der Waals surface area contributed by atoms with Crippen LogP contribution in [0, 0.1) is 0 Å². The highest BCUT2D eigenvalue weighted by Crippen LogP contribution is 2.23. The normalized spacial score (nSPS) is 10.2. The van der Waals surface area contributed by atoms with E-state index >= 15 is 0 Å². The Labute approximate surface area is 112 Å². The number of hydrogen-bond donors (Lipinski definition) is 2. The summed E-state index contributed by atoms with van der Waals surface area (Å²) in [6.45, 7) is 1.12. The predicted octanol–water partition coefficient (Wildman–Crippen LogP) is 2.43. The second-order valence-corrected chi connectivity index (χ2v) is 3.95. The molecule has 1 aromatic heterocycles. The largest absolute Gasteiger partial charge is 0.491 e. The maximum Gasteiger partial charge on any atom is 0.119 e. The number of ether oxygens (including phenoxy) is 2. The molecule has 0 atom stereocenters. The van der Waals surface area contributed by atoms with Gasteiger partial charge in [-0.25, -0.2) is 0 Å². The molecule has 0 saturated carbocycles. The Morgan fingerprint density at radius 1 is 1.16 bits per heavy atom. The number of methoxy groups -OCH3 is 1. The summed E-state index contributed by atoms with van der Waals surface area (Å²) in [5.74, 6) is 0.810. The molecule has 1 aromatic carbocycles. The number of hydrogen-bond acceptors (Lipinski definition) is 5. The van der Waals surface area contributed by atoms with Gasteiger partial charge in [0, 0.05) is 19.0 Å². The fraction of sp³-hybridized carbons (Fsp3) is 0.214. The van der Waals surface area contributed by atoms with Gasteiger partial charge in [-0.15, -0.1) is 0 Å². The Bertz CT molecular complexity index is 514. The molecule has 0 amide bonds. The first-order valence-electron chi connectivity index (χ1n) is 5.98. The van der Waals surface area contributed by atoms with Gasteiger partial charge in [-0.2, -0.15) is 0 Å². The third-order valence-electron chi connectivity index (χ3n) is 2.54. The zero-order valence-electron chi connectivity index (χ0n) is 10.8. The van der Waals surface area contributed by atoms with Gasteiger partial charge in [0.05, 0.1) is 24.2 Å². The highest BCUT2D eigenvalue weighted by Gasteiger charge is 1.99. The van der Waals surface area contributed by atoms with Crippen molar-refractivity contribution in [1.29, 1.82) is 0 Å². The second-order valence-electron chi connectivity index (χ2n) is 3.95. The number of nitrogens with one attached hydrogen (secondary N) is 1. The molecular weight excluding hydrogens is 242 g/mol. The van der Waals surface area contributed by atoms with E-state index < -0.39 is 0 Å². The van der Waals surface area contributed by atoms with Gasteiger partial charge < -0.3 is 20.5 Å². The smallest absolute Gasteiger partial charge is 0.119 e. The van der Waals surface area contributed by atoms with Crippen molar-refractivity contribution in [1.82, 2.24) is 4.98 Å². The molecule has 5 heteroatoms. The summed E-state index contributed by atoms with van der Waals surface area (Å²) in [5.41, 5.74) is 8.21. The lowest BCUT2D eigenvalue weighted by Gasteiger charge is -2.10. The van der Waals surface area contributed by atoms with Crippen LogP contribution in [-0.2, 0) is 4.74 Å². The van der Waals surface area contributed by atoms with Crippen LogP contribution in [0.5, 0.6) is 5.75 Å². The van der Waals surface area contributed by atoms with E-state index in [4.69, 9.17) is 15.2 Å². The van der Waals surface area contributed by atoms with Crippen molar-refractivity contribution in [3.05, 3.63) is 42.7 Å². The Hall–Kier alpha value is -2.27. The SMILES string of the molecule is COCCOc1ccc(Nc2ccncc2N)cc1. The summed E-state index contributed by atoms with van der Waals surface area (Å²) in [6, 6.07) is 9.49. The van der Waals surface area contributed by atoms with Crippen molar-refractivity contribution in [2.45, 2.75) is 0 Å². The van der Waals surface area contributed by atoms with Gasteiger partial charge in [-0.3, -0.25) is 4.98 Å². The lowest BCUT2D eigenvalue weighted by atomic mass is 10.2. The van der Waals surface area contributed by atoms with Crippen LogP contribution in [0.25, 0.3) is 0 Å². The third-order valence-corrected chi connectivity index (χ3v) is 2.54. The Morgan fingerprint density at radius 3 is 2.63 bits per heavy atom. The van der Waals surface area contributed by atoms with Crippen LogP contribution < -0.4 is 15.8 Å². The molecule has 0 bridgehead atoms. The number of nitrogens with two attached hydrogens (primary N) is 1. The number of benzene rings is 1. The van der Waals surface area contributed by atoms with E-state index in [0.717, 1.165) is 17.1 Å². The molecule has 5 nitrogen and oxygen atoms in total. The first kappa shape index (κ1) is 13.2. The van der Waals surface area contributed by atoms with Crippen LogP contribution in [0.15, 0.2) is 42.7 Å². The number of rotatable bonds is 6. The Balaban J connectivity index is 1.97. The van der Waals surface area contributed by atoms with Crippen molar-refractivity contribution in [2.24, 2.45) is 0 Å². The molecule has 0 saturated heterocycles. The lowest BCUT2D eigenvalue weighted by Crippen LogP contribution is -2.04. The van der Waals surface area contributed by atoms with E-state index in [2.05, 4.69) is 10.3 Å². The number of nitrogens with zero attached hydrogens (tertiary/aromatic N) is 1. The zero-order valence-corrected chi connectivity index (χ0v) is 10.8. The van der Waals surface area contributed by atoms with Crippen molar-refractivity contribution >= 4 is 17.1 Å². The number of aromatic nitrogens is 1. The van der Waals surface area contributed by atoms with Gasteiger partial charge in [-0.1, -0.05) is 0 Å². The van der Waals surface area contributed by atoms with E-state index in [-0.39, 0.29) is 0 Å². The number of pyridine rings is 1. The van der Waals surface area contributed by atoms with Gasteiger partial charge in [0.15, 0.2) is 0 Å². The second kappa shape index (κ2) is 6.61. The van der Waals surface area contributed by atoms with E-state index in [1.54, 1.807) is 19.5 Å². The summed E-state index contributed by atoms with van der Waals surface area (Å²) in [5, 5.41) is 3.22. The average Bonchev–Trinajstić information content (AvgIpc) is 2.44. The molecule has 0 aliphatic carbocycles. The molecule has 2 aromatic rings. The highest BCUT2D eigenvalue weighted by atomic mass is 16.5. The van der Waals surface area contributed by atoms with Gasteiger partial charge >= 0.3 is 0 Å². The fourth-order valence-corrected chi connectivity index (χ4v) is 1.55. The first-order chi connectivity index (χ1) is 9.29. The van der Waals surface area contributed by atoms with Gasteiger partial charge in [-0.05, 0) is 30.3 Å². The first-order valence-corrected chi connectivity index (χ1v) is 5.98. The van der Waals surface area contributed by atoms with Crippen molar-refractivity contribution in [2.75, 3.05) is 31.4 Å². The molecule has 0 aliphatic rings. The zero-order chi connectivity index (χ0) is 13.5. The standard InChI is InChI=1S/C14H17N3O2/c1-18-8-9-19-12-4-2-11(3-5-12)17-14-6-7-16-10-13(14)15/h2-7,10H,8-9,15H2,1H3,(H,16,17). The molecule has 1 heterocycles. The number of anilines is 3. The summed E-state index contributed by atoms with van der Waals surface area (Å²) < 4.78 is 10.4. The molecule has 0 radical (unpaired) electrons. The molecule has 0 spiro atoms. The topological polar surface area (TPSA) is 69.4 Å². The minimum absolute atomic E-state index is 0.542. The summed E-state index contributed by atoms with van der Waals surface area (Å²) in [7, 11) is 1.65. The highest BCUT2D eigenvalue weighted by molar-refractivity contribution is 5.71. The molecular formula is C14H17N3O2. The van der Waals surface area contributed by atoms with Crippen molar-refractivity contribution < 1.29 is 9.47 Å². The maximum atomic E-state index is 5.82. The maximum absolute atomic E-state index is 5.82. The van der Waals surface area contributed by atoms with Gasteiger partial charge in [0.1, 0.15) is 12.4 Å². The minimum atomic E-state index is 0.542. The van der Waals surface area contributed by atoms with Crippen LogP contribution in [0.4, 0.5) is 17.1 Å². The monoisotopic (exact) mass is 259 g/mol. The van der Waals surface area contributed by atoms with Crippen molar-refractivity contribution in [3.63, 3.8) is 0 Å². The molecule has 3 N–H and O–H groups in total. The van der Waals surface area contributed by atoms with Crippen molar-refractivity contribution in [3.8, 4) is 5.75 Å². The Morgan fingerprint density at radius 2 is 1.95 bits per heavy atom. The Kier molecular flexibility index (Phi) is 4.58. The van der Waals surface area contributed by atoms with Gasteiger partial charge in [0.25, 0.3) is 0 Å². The molecule has 100 valence electrons. The van der Waals surface area contributed by atoms with Crippen LogP contribution in [0.1, 0.15) is 0 Å². The fourth-order valence-electron chi connectivity index (χ4n) is 1.55. The summed E-state index contributed by atoms with van der Waals surface area (Å²) in [6.07, 6.45) is 3.31. The van der Waals surface area contributed by atoms with Crippen LogP contribution in [0.3, 0.4) is 0 Å². The average molecular weight is 259 g/mol. The minimum Gasteiger partial charge on any atom is -0.491 e. The summed E-state index contributed by atoms with van der Waals surface area (Å²) in [4.78, 5) is 3.95. The molecule has 19 heavy (non-hydrogen) atoms. The van der Waals surface area contributed by atoms with Crippen LogP contribution in [-0.4, -0.2) is 25.3 Å². The van der Waals surface area contributed by atoms with E-state index in [0.29, 0.717) is 18.9 Å². The lowest BCUT2D eigenvalue weighted by molar-refractivity contribution is 0.146. The molecule has 2 rings (SSSR count). The van der Waals surface area contributed by atoms with E-state index in [9.17, 15) is 0 Å². The van der Waals surface area contributed by atoms with Gasteiger partial charge in [0.2, 0.25) is 0 Å². The summed E-state index contributed by atoms with van der Waals surface area (Å²) >= 11 is 0. The van der Waals surface area contributed by atoms with Crippen LogP contribution >= 0.6 is 0 Å². The molecule has 0 fully saturated rings. The van der Waals surface area contributed by atoms with E-state index in [1.165, 1.54) is 0 Å². The quantitative estimate of drug-likeness (QED) is 0.780. The molecule has 0 aliphatic heterocycles. The third kappa shape index (κ3) is 3.86. The predicted molar refractivity (Wildman–Crippen MR) is 75.7 cm³/mol. The van der Waals surface area contributed by atoms with Crippen LogP contribution in [0.2, 0.25) is 0 Å².